The average Bonchev–Trinajstić information content (AvgIpc) is 2.79. The van der Waals surface area contributed by atoms with Crippen LogP contribution in [0.5, 0.6) is 0 Å². The fraction of sp³-hybridized carbons (Fsp3) is 0.133. The lowest BCUT2D eigenvalue weighted by molar-refractivity contribution is 0.508. The molecule has 6 heteroatoms. The van der Waals surface area contributed by atoms with E-state index in [4.69, 9.17) is 12.2 Å². The SMILES string of the molecule is CC(c1cccc(F)c1)n1c(=S)[nH]c2ccc(F)c(F)c21. The summed E-state index contributed by atoms with van der Waals surface area (Å²) in [5, 5.41) is 0. The van der Waals surface area contributed by atoms with Crippen molar-refractivity contribution >= 4 is 23.3 Å². The van der Waals surface area contributed by atoms with Crippen LogP contribution in [0.2, 0.25) is 0 Å². The second kappa shape index (κ2) is 5.04. The third-order valence-electron chi connectivity index (χ3n) is 3.49. The lowest BCUT2D eigenvalue weighted by Gasteiger charge is -2.15. The van der Waals surface area contributed by atoms with E-state index in [1.165, 1.54) is 22.8 Å². The van der Waals surface area contributed by atoms with E-state index in [-0.39, 0.29) is 10.3 Å². The van der Waals surface area contributed by atoms with Crippen LogP contribution in [0.4, 0.5) is 13.2 Å². The van der Waals surface area contributed by atoms with Gasteiger partial charge in [-0.25, -0.2) is 13.2 Å². The van der Waals surface area contributed by atoms with E-state index in [2.05, 4.69) is 4.98 Å². The van der Waals surface area contributed by atoms with Crippen LogP contribution in [0.15, 0.2) is 36.4 Å². The fourth-order valence-corrected chi connectivity index (χ4v) is 2.80. The van der Waals surface area contributed by atoms with Crippen molar-refractivity contribution in [3.05, 3.63) is 64.2 Å². The van der Waals surface area contributed by atoms with E-state index < -0.39 is 23.5 Å². The zero-order valence-electron chi connectivity index (χ0n) is 11.0. The van der Waals surface area contributed by atoms with Gasteiger partial charge in [0.25, 0.3) is 0 Å². The van der Waals surface area contributed by atoms with Crippen molar-refractivity contribution in [1.29, 1.82) is 0 Å². The first-order valence-electron chi connectivity index (χ1n) is 6.32. The smallest absolute Gasteiger partial charge is 0.184 e. The van der Waals surface area contributed by atoms with Crippen molar-refractivity contribution < 1.29 is 13.2 Å². The van der Waals surface area contributed by atoms with Gasteiger partial charge in [-0.05, 0) is 49.0 Å². The summed E-state index contributed by atoms with van der Waals surface area (Å²) >= 11 is 5.19. The molecule has 0 amide bonds. The van der Waals surface area contributed by atoms with Gasteiger partial charge in [0.15, 0.2) is 16.4 Å². The molecule has 21 heavy (non-hydrogen) atoms. The van der Waals surface area contributed by atoms with Crippen LogP contribution >= 0.6 is 12.2 Å². The van der Waals surface area contributed by atoms with Crippen molar-refractivity contribution in [2.75, 3.05) is 0 Å². The Balaban J connectivity index is 2.27. The van der Waals surface area contributed by atoms with Crippen LogP contribution < -0.4 is 0 Å². The second-order valence-electron chi connectivity index (χ2n) is 4.79. The van der Waals surface area contributed by atoms with Crippen molar-refractivity contribution in [3.63, 3.8) is 0 Å². The normalized spacial score (nSPS) is 12.8. The standard InChI is InChI=1S/C15H11F3N2S/c1-8(9-3-2-4-10(16)7-9)20-14-12(19-15(20)21)6-5-11(17)13(14)18/h2-8H,1H3,(H,19,21). The molecule has 0 saturated heterocycles. The van der Waals surface area contributed by atoms with Gasteiger partial charge in [-0.1, -0.05) is 12.1 Å². The number of fused-ring (bicyclic) bond motifs is 1. The first kappa shape index (κ1) is 13.9. The Morgan fingerprint density at radius 1 is 1.14 bits per heavy atom. The van der Waals surface area contributed by atoms with Gasteiger partial charge in [-0.15, -0.1) is 0 Å². The molecule has 0 aliphatic carbocycles. The summed E-state index contributed by atoms with van der Waals surface area (Å²) in [6, 6.07) is 7.99. The zero-order valence-corrected chi connectivity index (χ0v) is 11.8. The van der Waals surface area contributed by atoms with E-state index in [9.17, 15) is 13.2 Å². The quantitative estimate of drug-likeness (QED) is 0.679. The van der Waals surface area contributed by atoms with Crippen LogP contribution in [0.1, 0.15) is 18.5 Å². The summed E-state index contributed by atoms with van der Waals surface area (Å²) in [6.07, 6.45) is 0. The predicted octanol–water partition coefficient (Wildman–Crippen LogP) is 4.73. The molecule has 0 fully saturated rings. The van der Waals surface area contributed by atoms with Gasteiger partial charge in [0.1, 0.15) is 11.3 Å². The first-order chi connectivity index (χ1) is 9.99. The van der Waals surface area contributed by atoms with E-state index in [0.717, 1.165) is 6.07 Å². The number of nitrogens with one attached hydrogen (secondary N) is 1. The van der Waals surface area contributed by atoms with Gasteiger partial charge in [0.2, 0.25) is 0 Å². The number of benzene rings is 2. The highest BCUT2D eigenvalue weighted by Crippen LogP contribution is 2.27. The van der Waals surface area contributed by atoms with Crippen LogP contribution in [0.3, 0.4) is 0 Å². The molecule has 3 aromatic rings. The summed E-state index contributed by atoms with van der Waals surface area (Å²) in [6.45, 7) is 1.75. The molecule has 0 radical (unpaired) electrons. The maximum absolute atomic E-state index is 14.1. The average molecular weight is 308 g/mol. The minimum atomic E-state index is -0.969. The number of rotatable bonds is 2. The molecule has 1 atom stereocenters. The molecule has 1 N–H and O–H groups in total. The minimum absolute atomic E-state index is 0.0526. The predicted molar refractivity (Wildman–Crippen MR) is 77.3 cm³/mol. The lowest BCUT2D eigenvalue weighted by Crippen LogP contribution is -2.08. The Labute approximate surface area is 123 Å². The molecule has 0 spiro atoms. The van der Waals surface area contributed by atoms with Crippen molar-refractivity contribution in [2.45, 2.75) is 13.0 Å². The van der Waals surface area contributed by atoms with E-state index >= 15 is 0 Å². The number of nitrogens with zero attached hydrogens (tertiary/aromatic N) is 1. The van der Waals surface area contributed by atoms with Gasteiger partial charge in [0, 0.05) is 0 Å². The Bertz CT molecular complexity index is 882. The molecule has 2 nitrogen and oxygen atoms in total. The Kier molecular flexibility index (Phi) is 3.33. The number of imidazole rings is 1. The first-order valence-corrected chi connectivity index (χ1v) is 6.73. The van der Waals surface area contributed by atoms with Crippen molar-refractivity contribution in [2.24, 2.45) is 0 Å². The molecule has 108 valence electrons. The molecule has 1 unspecified atom stereocenters. The fourth-order valence-electron chi connectivity index (χ4n) is 2.44. The third-order valence-corrected chi connectivity index (χ3v) is 3.79. The van der Waals surface area contributed by atoms with Gasteiger partial charge >= 0.3 is 0 Å². The molecule has 3 rings (SSSR count). The number of halogens is 3. The third kappa shape index (κ3) is 2.25. The van der Waals surface area contributed by atoms with Crippen LogP contribution in [0, 0.1) is 22.2 Å². The summed E-state index contributed by atoms with van der Waals surface area (Å²) < 4.78 is 42.6. The van der Waals surface area contributed by atoms with Crippen molar-refractivity contribution in [1.82, 2.24) is 9.55 Å². The number of aromatic nitrogens is 2. The van der Waals surface area contributed by atoms with E-state index in [1.54, 1.807) is 19.1 Å². The Hall–Kier alpha value is -2.08. The van der Waals surface area contributed by atoms with Gasteiger partial charge in [-0.3, -0.25) is 0 Å². The molecular formula is C15H11F3N2S. The summed E-state index contributed by atoms with van der Waals surface area (Å²) in [4.78, 5) is 2.84. The van der Waals surface area contributed by atoms with Gasteiger partial charge in [-0.2, -0.15) is 0 Å². The Morgan fingerprint density at radius 3 is 2.62 bits per heavy atom. The number of aromatic amines is 1. The largest absolute Gasteiger partial charge is 0.330 e. The second-order valence-corrected chi connectivity index (χ2v) is 5.18. The highest BCUT2D eigenvalue weighted by Gasteiger charge is 2.18. The van der Waals surface area contributed by atoms with Crippen LogP contribution in [-0.2, 0) is 0 Å². The molecule has 1 aromatic heterocycles. The highest BCUT2D eigenvalue weighted by atomic mass is 32.1. The van der Waals surface area contributed by atoms with Gasteiger partial charge in [0.05, 0.1) is 11.6 Å². The van der Waals surface area contributed by atoms with Gasteiger partial charge < -0.3 is 9.55 Å². The molecule has 0 saturated carbocycles. The summed E-state index contributed by atoms with van der Waals surface area (Å²) in [7, 11) is 0. The summed E-state index contributed by atoms with van der Waals surface area (Å²) in [5.41, 5.74) is 1.08. The molecule has 0 aliphatic rings. The van der Waals surface area contributed by atoms with Crippen LogP contribution in [0.25, 0.3) is 11.0 Å². The number of hydrogen-bond donors (Lipinski definition) is 1. The number of H-pyrrole nitrogens is 1. The zero-order chi connectivity index (χ0) is 15.1. The molecule has 1 heterocycles. The minimum Gasteiger partial charge on any atom is -0.330 e. The molecule has 0 aliphatic heterocycles. The monoisotopic (exact) mass is 308 g/mol. The van der Waals surface area contributed by atoms with Crippen molar-refractivity contribution in [3.8, 4) is 0 Å². The maximum atomic E-state index is 14.1. The van der Waals surface area contributed by atoms with Crippen LogP contribution in [-0.4, -0.2) is 9.55 Å². The maximum Gasteiger partial charge on any atom is 0.184 e. The van der Waals surface area contributed by atoms with E-state index in [1.807, 2.05) is 0 Å². The summed E-state index contributed by atoms with van der Waals surface area (Å²) in [5.74, 6) is -2.31. The topological polar surface area (TPSA) is 20.7 Å². The van der Waals surface area contributed by atoms with E-state index in [0.29, 0.717) is 11.1 Å². The molecular weight excluding hydrogens is 297 g/mol. The number of hydrogen-bond acceptors (Lipinski definition) is 1. The lowest BCUT2D eigenvalue weighted by atomic mass is 10.1. The Morgan fingerprint density at radius 2 is 1.90 bits per heavy atom. The highest BCUT2D eigenvalue weighted by molar-refractivity contribution is 7.71. The molecule has 2 aromatic carbocycles. The molecule has 0 bridgehead atoms.